The third-order valence-electron chi connectivity index (χ3n) is 6.16. The summed E-state index contributed by atoms with van der Waals surface area (Å²) in [6.07, 6.45) is 0.963. The smallest absolute Gasteiger partial charge is 0.194 e. The van der Waals surface area contributed by atoms with E-state index in [1.165, 1.54) is 24.3 Å². The monoisotopic (exact) mass is 562 g/mol. The second-order valence-corrected chi connectivity index (χ2v) is 9.02. The minimum Gasteiger partial charge on any atom is -0.489 e. The van der Waals surface area contributed by atoms with E-state index in [0.29, 0.717) is 12.8 Å². The van der Waals surface area contributed by atoms with Crippen LogP contribution in [0, 0.1) is 34.9 Å². The molecule has 0 atom stereocenters. The molecular formula is C31H22F8O. The average molecular weight is 563 g/mol. The molecule has 0 unspecified atom stereocenters. The number of hydrogen-bond acceptors (Lipinski definition) is 1. The summed E-state index contributed by atoms with van der Waals surface area (Å²) in [5.41, 5.74) is -0.900. The van der Waals surface area contributed by atoms with Gasteiger partial charge in [-0.05, 0) is 65.6 Å². The second-order valence-electron chi connectivity index (χ2n) is 9.02. The molecule has 4 aromatic rings. The number of allylic oxidation sites excluding steroid dienone is 1. The van der Waals surface area contributed by atoms with Crippen molar-refractivity contribution in [3.63, 3.8) is 0 Å². The standard InChI is InChI=1S/C31H22F8O/c1-2-3-4-23(32)30(38)19-7-10-22(24(33)13-19)20-14-25(34)29(26(35)15-20)18-5-8-21(9-6-18)40-16-17-11-27(36)31(39)28(37)12-17/h5-15H,2-4,16H2,1H3. The van der Waals surface area contributed by atoms with Crippen LogP contribution in [0.4, 0.5) is 35.1 Å². The second kappa shape index (κ2) is 12.4. The quantitative estimate of drug-likeness (QED) is 0.146. The summed E-state index contributed by atoms with van der Waals surface area (Å²) >= 11 is 0. The third-order valence-corrected chi connectivity index (χ3v) is 6.16. The number of unbranched alkanes of at least 4 members (excludes halogenated alkanes) is 1. The number of ether oxygens (including phenoxy) is 1. The van der Waals surface area contributed by atoms with Gasteiger partial charge in [-0.2, -0.15) is 0 Å². The maximum Gasteiger partial charge on any atom is 0.194 e. The summed E-state index contributed by atoms with van der Waals surface area (Å²) in [5.74, 6) is -9.27. The van der Waals surface area contributed by atoms with Gasteiger partial charge in [-0.3, -0.25) is 0 Å². The topological polar surface area (TPSA) is 9.23 Å². The Morgan fingerprint density at radius 3 is 1.88 bits per heavy atom. The molecule has 9 heteroatoms. The first-order valence-electron chi connectivity index (χ1n) is 12.3. The van der Waals surface area contributed by atoms with Gasteiger partial charge in [0.25, 0.3) is 0 Å². The normalized spacial score (nSPS) is 11.9. The van der Waals surface area contributed by atoms with Crippen molar-refractivity contribution >= 4 is 5.83 Å². The zero-order valence-corrected chi connectivity index (χ0v) is 21.1. The molecule has 1 nitrogen and oxygen atoms in total. The molecular weight excluding hydrogens is 540 g/mol. The fourth-order valence-corrected chi connectivity index (χ4v) is 4.06. The molecule has 0 bridgehead atoms. The summed E-state index contributed by atoms with van der Waals surface area (Å²) in [7, 11) is 0. The van der Waals surface area contributed by atoms with Gasteiger partial charge < -0.3 is 4.74 Å². The highest BCUT2D eigenvalue weighted by Crippen LogP contribution is 2.34. The van der Waals surface area contributed by atoms with Crippen molar-refractivity contribution in [1.82, 2.24) is 0 Å². The third kappa shape index (κ3) is 6.35. The Balaban J connectivity index is 1.53. The lowest BCUT2D eigenvalue weighted by Gasteiger charge is -2.12. The predicted molar refractivity (Wildman–Crippen MR) is 136 cm³/mol. The van der Waals surface area contributed by atoms with E-state index >= 15 is 8.78 Å². The summed E-state index contributed by atoms with van der Waals surface area (Å²) < 4.78 is 118. The molecule has 4 aromatic carbocycles. The molecule has 0 spiro atoms. The highest BCUT2D eigenvalue weighted by Gasteiger charge is 2.18. The van der Waals surface area contributed by atoms with Gasteiger partial charge in [0.1, 0.15) is 35.6 Å². The lowest BCUT2D eigenvalue weighted by Crippen LogP contribution is -2.00. The number of rotatable bonds is 9. The molecule has 0 aliphatic rings. The Kier molecular flexibility index (Phi) is 8.92. The first kappa shape index (κ1) is 28.9. The van der Waals surface area contributed by atoms with Crippen LogP contribution in [0.2, 0.25) is 0 Å². The molecule has 0 saturated heterocycles. The largest absolute Gasteiger partial charge is 0.489 e. The molecule has 0 aliphatic carbocycles. The molecule has 0 aromatic heterocycles. The fourth-order valence-electron chi connectivity index (χ4n) is 4.06. The van der Waals surface area contributed by atoms with Crippen molar-refractivity contribution in [3.8, 4) is 28.0 Å². The van der Waals surface area contributed by atoms with Crippen LogP contribution >= 0.6 is 0 Å². The molecule has 0 amide bonds. The van der Waals surface area contributed by atoms with Gasteiger partial charge in [0, 0.05) is 17.5 Å². The van der Waals surface area contributed by atoms with E-state index in [4.69, 9.17) is 4.74 Å². The molecule has 0 aliphatic heterocycles. The SMILES string of the molecule is CCCCC(F)=C(F)c1ccc(-c2cc(F)c(-c3ccc(OCc4cc(F)c(F)c(F)c4)cc3)c(F)c2)c(F)c1. The molecule has 4 rings (SSSR count). The molecule has 0 fully saturated rings. The molecule has 0 heterocycles. The van der Waals surface area contributed by atoms with Crippen LogP contribution in [0.25, 0.3) is 28.1 Å². The Morgan fingerprint density at radius 2 is 1.30 bits per heavy atom. The van der Waals surface area contributed by atoms with Crippen LogP contribution in [-0.4, -0.2) is 0 Å². The van der Waals surface area contributed by atoms with Gasteiger partial charge in [-0.15, -0.1) is 0 Å². The summed E-state index contributed by atoms with van der Waals surface area (Å²) in [4.78, 5) is 0. The zero-order chi connectivity index (χ0) is 29.0. The number of benzene rings is 4. The van der Waals surface area contributed by atoms with Crippen LogP contribution in [0.15, 0.2) is 72.6 Å². The van der Waals surface area contributed by atoms with E-state index in [-0.39, 0.29) is 46.6 Å². The molecule has 0 N–H and O–H groups in total. The van der Waals surface area contributed by atoms with E-state index in [9.17, 15) is 26.3 Å². The zero-order valence-electron chi connectivity index (χ0n) is 21.1. The first-order valence-corrected chi connectivity index (χ1v) is 12.3. The van der Waals surface area contributed by atoms with Crippen LogP contribution in [0.5, 0.6) is 5.75 Å². The van der Waals surface area contributed by atoms with E-state index in [1.807, 2.05) is 6.92 Å². The van der Waals surface area contributed by atoms with Crippen molar-refractivity contribution in [1.29, 1.82) is 0 Å². The highest BCUT2D eigenvalue weighted by atomic mass is 19.2. The predicted octanol–water partition coefficient (Wildman–Crippen LogP) is 10.2. The lowest BCUT2D eigenvalue weighted by molar-refractivity contribution is 0.303. The van der Waals surface area contributed by atoms with Gasteiger partial charge >= 0.3 is 0 Å². The summed E-state index contributed by atoms with van der Waals surface area (Å²) in [5, 5.41) is 0. The first-order chi connectivity index (χ1) is 19.1. The molecule has 208 valence electrons. The van der Waals surface area contributed by atoms with Crippen LogP contribution in [-0.2, 0) is 6.61 Å². The van der Waals surface area contributed by atoms with E-state index in [2.05, 4.69) is 0 Å². The van der Waals surface area contributed by atoms with E-state index in [1.54, 1.807) is 0 Å². The Hall–Kier alpha value is -4.14. The van der Waals surface area contributed by atoms with Crippen molar-refractivity contribution in [3.05, 3.63) is 119 Å². The van der Waals surface area contributed by atoms with Crippen LogP contribution in [0.3, 0.4) is 0 Å². The van der Waals surface area contributed by atoms with Crippen molar-refractivity contribution in [2.45, 2.75) is 32.8 Å². The average Bonchev–Trinajstić information content (AvgIpc) is 2.93. The van der Waals surface area contributed by atoms with Gasteiger partial charge in [0.15, 0.2) is 23.3 Å². The minimum absolute atomic E-state index is 0.0359. The van der Waals surface area contributed by atoms with Gasteiger partial charge in [-0.1, -0.05) is 37.6 Å². The highest BCUT2D eigenvalue weighted by molar-refractivity contribution is 5.74. The van der Waals surface area contributed by atoms with Crippen molar-refractivity contribution in [2.24, 2.45) is 0 Å². The van der Waals surface area contributed by atoms with Gasteiger partial charge in [-0.25, -0.2) is 35.1 Å². The maximum absolute atomic E-state index is 15.0. The molecule has 40 heavy (non-hydrogen) atoms. The Morgan fingerprint density at radius 1 is 0.675 bits per heavy atom. The summed E-state index contributed by atoms with van der Waals surface area (Å²) in [6, 6.07) is 11.9. The Labute approximate surface area is 225 Å². The van der Waals surface area contributed by atoms with Crippen LogP contribution in [0.1, 0.15) is 37.3 Å². The van der Waals surface area contributed by atoms with E-state index in [0.717, 1.165) is 42.5 Å². The minimum atomic E-state index is -1.60. The van der Waals surface area contributed by atoms with Gasteiger partial charge in [0.05, 0.1) is 5.56 Å². The van der Waals surface area contributed by atoms with Gasteiger partial charge in [0.2, 0.25) is 0 Å². The van der Waals surface area contributed by atoms with E-state index < -0.39 is 52.1 Å². The number of hydrogen-bond donors (Lipinski definition) is 0. The maximum atomic E-state index is 15.0. The molecule has 0 saturated carbocycles. The lowest BCUT2D eigenvalue weighted by atomic mass is 9.97. The van der Waals surface area contributed by atoms with Crippen molar-refractivity contribution < 1.29 is 39.9 Å². The van der Waals surface area contributed by atoms with Crippen molar-refractivity contribution in [2.75, 3.05) is 0 Å². The van der Waals surface area contributed by atoms with Crippen LogP contribution < -0.4 is 4.74 Å². The fraction of sp³-hybridized carbons (Fsp3) is 0.161. The molecule has 0 radical (unpaired) electrons. The number of halogens is 8. The Bertz CT molecular complexity index is 1510. The summed E-state index contributed by atoms with van der Waals surface area (Å²) in [6.45, 7) is 1.53.